The lowest BCUT2D eigenvalue weighted by Gasteiger charge is -2.34. The molecule has 2 aliphatic heterocycles. The van der Waals surface area contributed by atoms with Gasteiger partial charge in [-0.2, -0.15) is 0 Å². The van der Waals surface area contributed by atoms with Crippen molar-refractivity contribution in [3.8, 4) is 0 Å². The molecule has 2 aliphatic rings. The van der Waals surface area contributed by atoms with E-state index < -0.39 is 9.52 Å². The molecule has 0 amide bonds. The number of likely N-dealkylation sites (N-methyl/N-ethyl adjacent to an activating group) is 1. The van der Waals surface area contributed by atoms with Gasteiger partial charge >= 0.3 is 0 Å². The maximum Gasteiger partial charge on any atom is 0.0287 e. The first kappa shape index (κ1) is 18.9. The molecule has 0 aromatic carbocycles. The third-order valence-electron chi connectivity index (χ3n) is 4.50. The van der Waals surface area contributed by atoms with Crippen LogP contribution in [0.5, 0.6) is 0 Å². The Labute approximate surface area is 132 Å². The first-order valence-corrected chi connectivity index (χ1v) is 10.3. The highest BCUT2D eigenvalue weighted by molar-refractivity contribution is 8.00. The maximum atomic E-state index is 11.4. The van der Waals surface area contributed by atoms with E-state index in [4.69, 9.17) is 0 Å². The average Bonchev–Trinajstić information content (AvgIpc) is 2.39. The highest BCUT2D eigenvalue weighted by atomic mass is 32.2. The molecule has 126 valence electrons. The summed E-state index contributed by atoms with van der Waals surface area (Å²) < 4.78 is 11.4. The molecular weight excluding hydrogens is 282 g/mol. The maximum absolute atomic E-state index is 11.4. The lowest BCUT2D eigenvalue weighted by Crippen LogP contribution is -2.47. The molecule has 0 aromatic rings. The van der Waals surface area contributed by atoms with Crippen LogP contribution in [-0.2, 0) is 9.52 Å². The second kappa shape index (κ2) is 8.51. The fraction of sp³-hybridized carbons (Fsp3) is 0.938. The lowest BCUT2D eigenvalue weighted by atomic mass is 10.2. The van der Waals surface area contributed by atoms with Gasteiger partial charge in [0, 0.05) is 62.9 Å². The Morgan fingerprint density at radius 2 is 1.19 bits per heavy atom. The fourth-order valence-corrected chi connectivity index (χ4v) is 3.97. The SMILES string of the molecule is C=S1(=O)CCN(C(C)C)CC1.CC(C)N1CCN(C)CC1. The molecule has 2 heterocycles. The molecule has 0 atom stereocenters. The number of nitrogens with zero attached hydrogens (tertiary/aromatic N) is 3. The zero-order chi connectivity index (χ0) is 16.0. The van der Waals surface area contributed by atoms with Gasteiger partial charge in [-0.25, -0.2) is 0 Å². The molecule has 0 aromatic heterocycles. The molecule has 21 heavy (non-hydrogen) atoms. The van der Waals surface area contributed by atoms with Crippen LogP contribution in [0.25, 0.3) is 0 Å². The van der Waals surface area contributed by atoms with E-state index in [9.17, 15) is 4.21 Å². The van der Waals surface area contributed by atoms with Crippen molar-refractivity contribution in [1.29, 1.82) is 0 Å². The van der Waals surface area contributed by atoms with Crippen LogP contribution < -0.4 is 0 Å². The van der Waals surface area contributed by atoms with Crippen LogP contribution in [0.15, 0.2) is 0 Å². The van der Waals surface area contributed by atoms with E-state index in [0.29, 0.717) is 6.04 Å². The van der Waals surface area contributed by atoms with E-state index in [1.54, 1.807) is 0 Å². The average molecular weight is 318 g/mol. The standard InChI is InChI=1S/C8H18N2.C8H17NOS/c1-8(2)10-6-4-9(3)5-7-10;1-8(2)9-4-6-11(3,10)7-5-9/h8H,4-7H2,1-3H3;8H,3-7H2,1-2H3. The molecule has 0 unspecified atom stereocenters. The summed E-state index contributed by atoms with van der Waals surface area (Å²) in [5.41, 5.74) is 0. The molecule has 2 rings (SSSR count). The van der Waals surface area contributed by atoms with E-state index in [2.05, 4.69) is 55.3 Å². The Morgan fingerprint density at radius 3 is 1.57 bits per heavy atom. The largest absolute Gasteiger partial charge is 0.304 e. The topological polar surface area (TPSA) is 26.8 Å². The van der Waals surface area contributed by atoms with Crippen LogP contribution in [0.2, 0.25) is 0 Å². The minimum Gasteiger partial charge on any atom is -0.304 e. The highest BCUT2D eigenvalue weighted by Crippen LogP contribution is 2.06. The van der Waals surface area contributed by atoms with E-state index in [-0.39, 0.29) is 0 Å². The van der Waals surface area contributed by atoms with Crippen molar-refractivity contribution in [2.75, 3.05) is 57.8 Å². The third-order valence-corrected chi connectivity index (χ3v) is 6.35. The van der Waals surface area contributed by atoms with Crippen LogP contribution in [-0.4, -0.2) is 94.7 Å². The minimum atomic E-state index is -1.69. The van der Waals surface area contributed by atoms with E-state index in [1.165, 1.54) is 26.2 Å². The molecular formula is C16H35N3OS. The van der Waals surface area contributed by atoms with E-state index in [1.807, 2.05) is 0 Å². The molecule has 2 saturated heterocycles. The number of rotatable bonds is 2. The predicted molar refractivity (Wildman–Crippen MR) is 95.9 cm³/mol. The molecule has 0 N–H and O–H groups in total. The van der Waals surface area contributed by atoms with Crippen LogP contribution in [0.4, 0.5) is 0 Å². The molecule has 0 spiro atoms. The highest BCUT2D eigenvalue weighted by Gasteiger charge is 2.18. The molecule has 4 nitrogen and oxygen atoms in total. The van der Waals surface area contributed by atoms with Crippen LogP contribution in [0.3, 0.4) is 0 Å². The Kier molecular flexibility index (Phi) is 7.68. The lowest BCUT2D eigenvalue weighted by molar-refractivity contribution is 0.126. The van der Waals surface area contributed by atoms with Gasteiger partial charge in [-0.05, 0) is 50.1 Å². The Bertz CT molecular complexity index is 370. The van der Waals surface area contributed by atoms with Crippen molar-refractivity contribution in [2.45, 2.75) is 39.8 Å². The Balaban J connectivity index is 0.000000211. The Hall–Kier alpha value is -0.100. The van der Waals surface area contributed by atoms with Gasteiger partial charge in [-0.1, -0.05) is 0 Å². The van der Waals surface area contributed by atoms with Crippen molar-refractivity contribution in [1.82, 2.24) is 14.7 Å². The molecule has 0 bridgehead atoms. The first-order chi connectivity index (χ1) is 9.71. The van der Waals surface area contributed by atoms with Gasteiger partial charge in [0.2, 0.25) is 0 Å². The second-order valence-electron chi connectivity index (χ2n) is 6.94. The summed E-state index contributed by atoms with van der Waals surface area (Å²) in [5, 5.41) is 0. The van der Waals surface area contributed by atoms with Gasteiger partial charge in [0.05, 0.1) is 0 Å². The molecule has 0 radical (unpaired) electrons. The number of piperazine rings is 1. The minimum absolute atomic E-state index is 0.588. The summed E-state index contributed by atoms with van der Waals surface area (Å²) in [6, 6.07) is 1.32. The van der Waals surface area contributed by atoms with Crippen LogP contribution in [0, 0.1) is 0 Å². The molecule has 0 saturated carbocycles. The van der Waals surface area contributed by atoms with Crippen molar-refractivity contribution in [3.63, 3.8) is 0 Å². The molecule has 5 heteroatoms. The summed E-state index contributed by atoms with van der Waals surface area (Å²) in [6.45, 7) is 15.8. The van der Waals surface area contributed by atoms with E-state index >= 15 is 0 Å². The van der Waals surface area contributed by atoms with Gasteiger partial charge in [0.1, 0.15) is 0 Å². The molecule has 0 aliphatic carbocycles. The van der Waals surface area contributed by atoms with Crippen LogP contribution in [0.1, 0.15) is 27.7 Å². The van der Waals surface area contributed by atoms with Crippen molar-refractivity contribution in [3.05, 3.63) is 0 Å². The van der Waals surface area contributed by atoms with Crippen LogP contribution >= 0.6 is 0 Å². The van der Waals surface area contributed by atoms with E-state index in [0.717, 1.165) is 30.6 Å². The second-order valence-corrected chi connectivity index (χ2v) is 9.69. The predicted octanol–water partition coefficient (Wildman–Crippen LogP) is 1.07. The van der Waals surface area contributed by atoms with Gasteiger partial charge in [0.15, 0.2) is 0 Å². The summed E-state index contributed by atoms with van der Waals surface area (Å²) in [4.78, 5) is 7.27. The molecule has 2 fully saturated rings. The van der Waals surface area contributed by atoms with Gasteiger partial charge < -0.3 is 4.90 Å². The van der Waals surface area contributed by atoms with Gasteiger partial charge in [0.25, 0.3) is 0 Å². The summed E-state index contributed by atoms with van der Waals surface area (Å²) in [6.07, 6.45) is 0. The quantitative estimate of drug-likeness (QED) is 0.712. The van der Waals surface area contributed by atoms with Crippen molar-refractivity contribution < 1.29 is 4.21 Å². The Morgan fingerprint density at radius 1 is 0.810 bits per heavy atom. The monoisotopic (exact) mass is 317 g/mol. The summed E-state index contributed by atoms with van der Waals surface area (Å²) in [7, 11) is 0.501. The first-order valence-electron chi connectivity index (χ1n) is 8.20. The normalized spacial score (nSPS) is 24.9. The zero-order valence-corrected chi connectivity index (χ0v) is 15.5. The van der Waals surface area contributed by atoms with Gasteiger partial charge in [-0.15, -0.1) is 0 Å². The summed E-state index contributed by atoms with van der Waals surface area (Å²) >= 11 is 0. The van der Waals surface area contributed by atoms with Crippen molar-refractivity contribution in [2.24, 2.45) is 0 Å². The van der Waals surface area contributed by atoms with Gasteiger partial charge in [-0.3, -0.25) is 14.0 Å². The third kappa shape index (κ3) is 7.13. The number of hydrogen-bond donors (Lipinski definition) is 0. The van der Waals surface area contributed by atoms with Crippen molar-refractivity contribution >= 4 is 15.4 Å². The fourth-order valence-electron chi connectivity index (χ4n) is 2.64. The summed E-state index contributed by atoms with van der Waals surface area (Å²) in [5.74, 6) is 5.29. The zero-order valence-electron chi connectivity index (χ0n) is 14.7. The smallest absolute Gasteiger partial charge is 0.0287 e. The number of hydrogen-bond acceptors (Lipinski definition) is 4.